The number of carbonyl (C=O) groups is 1. The summed E-state index contributed by atoms with van der Waals surface area (Å²) in [7, 11) is 0. The van der Waals surface area contributed by atoms with Crippen LogP contribution >= 0.6 is 0 Å². The summed E-state index contributed by atoms with van der Waals surface area (Å²) in [5.41, 5.74) is 7.36. The molecule has 1 amide bonds. The minimum atomic E-state index is -0.229. The van der Waals surface area contributed by atoms with Gasteiger partial charge in [0.05, 0.1) is 0 Å². The van der Waals surface area contributed by atoms with Gasteiger partial charge in [0.1, 0.15) is 6.10 Å². The summed E-state index contributed by atoms with van der Waals surface area (Å²) < 4.78 is 5.43. The average molecular weight is 234 g/mol. The smallest absolute Gasteiger partial charge is 0.410 e. The molecule has 1 aromatic rings. The van der Waals surface area contributed by atoms with Crippen LogP contribution in [0.5, 0.6) is 0 Å². The molecular weight excluding hydrogens is 216 g/mol. The highest BCUT2D eigenvalue weighted by molar-refractivity contribution is 5.69. The highest BCUT2D eigenvalue weighted by Crippen LogP contribution is 2.27. The van der Waals surface area contributed by atoms with E-state index in [1.54, 1.807) is 4.90 Å². The number of nitrogen functional groups attached to an aromatic ring is 1. The van der Waals surface area contributed by atoms with Crippen LogP contribution in [-0.4, -0.2) is 23.6 Å². The second-order valence-electron chi connectivity index (χ2n) is 4.61. The van der Waals surface area contributed by atoms with E-state index in [-0.39, 0.29) is 18.2 Å². The maximum Gasteiger partial charge on any atom is 0.410 e. The molecule has 0 aromatic heterocycles. The lowest BCUT2D eigenvalue weighted by molar-refractivity contribution is 0.0150. The molecule has 0 aliphatic carbocycles. The molecule has 0 spiro atoms. The number of rotatable bonds is 2. The van der Waals surface area contributed by atoms with Crippen LogP contribution in [-0.2, 0) is 4.74 Å². The number of ether oxygens (including phenoxy) is 1. The Bertz CT molecular complexity index is 400. The third kappa shape index (κ3) is 2.52. The highest BCUT2D eigenvalue weighted by Gasteiger charge is 2.29. The second kappa shape index (κ2) is 4.65. The molecule has 2 N–H and O–H groups in total. The topological polar surface area (TPSA) is 55.6 Å². The highest BCUT2D eigenvalue weighted by atomic mass is 16.6. The summed E-state index contributed by atoms with van der Waals surface area (Å²) >= 11 is 0. The molecular formula is C13H18N2O2. The van der Waals surface area contributed by atoms with Gasteiger partial charge in [0, 0.05) is 24.7 Å². The molecule has 92 valence electrons. The first-order valence-electron chi connectivity index (χ1n) is 5.90. The number of anilines is 1. The van der Waals surface area contributed by atoms with Crippen molar-refractivity contribution < 1.29 is 9.53 Å². The minimum Gasteiger partial charge on any atom is -0.441 e. The molecule has 1 unspecified atom stereocenters. The van der Waals surface area contributed by atoms with Gasteiger partial charge in [0.2, 0.25) is 0 Å². The van der Waals surface area contributed by atoms with E-state index in [4.69, 9.17) is 10.5 Å². The second-order valence-corrected chi connectivity index (χ2v) is 4.61. The minimum absolute atomic E-state index is 0.141. The van der Waals surface area contributed by atoms with Crippen molar-refractivity contribution in [3.63, 3.8) is 0 Å². The third-order valence-electron chi connectivity index (χ3n) is 3.04. The predicted molar refractivity (Wildman–Crippen MR) is 66.5 cm³/mol. The molecule has 1 fully saturated rings. The molecule has 17 heavy (non-hydrogen) atoms. The molecule has 2 rings (SSSR count). The van der Waals surface area contributed by atoms with Gasteiger partial charge in [-0.25, -0.2) is 4.79 Å². The van der Waals surface area contributed by atoms with Crippen molar-refractivity contribution in [2.45, 2.75) is 32.4 Å². The molecule has 1 atom stereocenters. The quantitative estimate of drug-likeness (QED) is 0.800. The van der Waals surface area contributed by atoms with Crippen molar-refractivity contribution in [2.75, 3.05) is 12.3 Å². The lowest BCUT2D eigenvalue weighted by Crippen LogP contribution is -2.43. The largest absolute Gasteiger partial charge is 0.441 e. The van der Waals surface area contributed by atoms with Gasteiger partial charge in [-0.15, -0.1) is 0 Å². The molecule has 1 aliphatic rings. The Morgan fingerprint density at radius 3 is 2.53 bits per heavy atom. The SMILES string of the molecule is CC(C)N1CCC(c2ccc(N)cc2)OC1=O. The van der Waals surface area contributed by atoms with Gasteiger partial charge in [-0.2, -0.15) is 0 Å². The molecule has 1 aliphatic heterocycles. The molecule has 1 saturated heterocycles. The number of hydrogen-bond donors (Lipinski definition) is 1. The van der Waals surface area contributed by atoms with Gasteiger partial charge in [0.25, 0.3) is 0 Å². The lowest BCUT2D eigenvalue weighted by Gasteiger charge is -2.34. The molecule has 0 bridgehead atoms. The third-order valence-corrected chi connectivity index (χ3v) is 3.04. The molecule has 1 aromatic carbocycles. The number of cyclic esters (lactones) is 1. The van der Waals surface area contributed by atoms with E-state index in [9.17, 15) is 4.79 Å². The van der Waals surface area contributed by atoms with E-state index in [0.717, 1.165) is 24.2 Å². The standard InChI is InChI=1S/C13H18N2O2/c1-9(2)15-8-7-12(17-13(15)16)10-3-5-11(14)6-4-10/h3-6,9,12H,7-8,14H2,1-2H3. The van der Waals surface area contributed by atoms with Crippen molar-refractivity contribution in [3.05, 3.63) is 29.8 Å². The molecule has 0 radical (unpaired) electrons. The molecule has 4 nitrogen and oxygen atoms in total. The van der Waals surface area contributed by atoms with E-state index in [0.29, 0.717) is 0 Å². The van der Waals surface area contributed by atoms with Gasteiger partial charge < -0.3 is 15.4 Å². The fraction of sp³-hybridized carbons (Fsp3) is 0.462. The van der Waals surface area contributed by atoms with Crippen LogP contribution in [0.2, 0.25) is 0 Å². The van der Waals surface area contributed by atoms with Crippen LogP contribution in [0.4, 0.5) is 10.5 Å². The lowest BCUT2D eigenvalue weighted by atomic mass is 10.0. The Hall–Kier alpha value is -1.71. The summed E-state index contributed by atoms with van der Waals surface area (Å²) in [6.45, 7) is 4.72. The zero-order valence-corrected chi connectivity index (χ0v) is 10.2. The van der Waals surface area contributed by atoms with Crippen LogP contribution < -0.4 is 5.73 Å². The Morgan fingerprint density at radius 2 is 2.00 bits per heavy atom. The number of benzene rings is 1. The Kier molecular flexibility index (Phi) is 3.22. The fourth-order valence-electron chi connectivity index (χ4n) is 2.01. The summed E-state index contributed by atoms with van der Waals surface area (Å²) in [5.74, 6) is 0. The van der Waals surface area contributed by atoms with Crippen molar-refractivity contribution in [1.29, 1.82) is 0 Å². The Balaban J connectivity index is 2.07. The number of carbonyl (C=O) groups excluding carboxylic acids is 1. The van der Waals surface area contributed by atoms with E-state index < -0.39 is 0 Å². The molecule has 4 heteroatoms. The predicted octanol–water partition coefficient (Wildman–Crippen LogP) is 2.56. The van der Waals surface area contributed by atoms with E-state index >= 15 is 0 Å². The van der Waals surface area contributed by atoms with Crippen molar-refractivity contribution >= 4 is 11.8 Å². The van der Waals surface area contributed by atoms with Crippen LogP contribution in [0.3, 0.4) is 0 Å². The van der Waals surface area contributed by atoms with Crippen molar-refractivity contribution in [2.24, 2.45) is 0 Å². The summed E-state index contributed by atoms with van der Waals surface area (Å²) in [5, 5.41) is 0. The van der Waals surface area contributed by atoms with Crippen molar-refractivity contribution in [3.8, 4) is 0 Å². The fourth-order valence-corrected chi connectivity index (χ4v) is 2.01. The first kappa shape index (κ1) is 11.8. The van der Waals surface area contributed by atoms with Gasteiger partial charge in [-0.3, -0.25) is 0 Å². The Labute approximate surface area is 101 Å². The maximum absolute atomic E-state index is 11.8. The number of amides is 1. The van der Waals surface area contributed by atoms with Gasteiger partial charge in [-0.05, 0) is 31.5 Å². The van der Waals surface area contributed by atoms with Crippen LogP contribution in [0.1, 0.15) is 31.9 Å². The van der Waals surface area contributed by atoms with Gasteiger partial charge >= 0.3 is 6.09 Å². The monoisotopic (exact) mass is 234 g/mol. The van der Waals surface area contributed by atoms with Crippen LogP contribution in [0.25, 0.3) is 0 Å². The van der Waals surface area contributed by atoms with Crippen LogP contribution in [0, 0.1) is 0 Å². The number of nitrogens with two attached hydrogens (primary N) is 1. The van der Waals surface area contributed by atoms with Crippen molar-refractivity contribution in [1.82, 2.24) is 4.90 Å². The molecule has 1 heterocycles. The summed E-state index contributed by atoms with van der Waals surface area (Å²) in [6.07, 6.45) is 0.458. The number of nitrogens with zero attached hydrogens (tertiary/aromatic N) is 1. The average Bonchev–Trinajstić information content (AvgIpc) is 2.29. The number of hydrogen-bond acceptors (Lipinski definition) is 3. The van der Waals surface area contributed by atoms with E-state index in [1.165, 1.54) is 0 Å². The maximum atomic E-state index is 11.8. The summed E-state index contributed by atoms with van der Waals surface area (Å²) in [4.78, 5) is 13.5. The first-order chi connectivity index (χ1) is 8.08. The summed E-state index contributed by atoms with van der Waals surface area (Å²) in [6, 6.07) is 7.68. The van der Waals surface area contributed by atoms with Gasteiger partial charge in [0.15, 0.2) is 0 Å². The zero-order valence-electron chi connectivity index (χ0n) is 10.2. The van der Waals surface area contributed by atoms with Gasteiger partial charge in [-0.1, -0.05) is 12.1 Å². The van der Waals surface area contributed by atoms with E-state index in [1.807, 2.05) is 38.1 Å². The molecule has 0 saturated carbocycles. The Morgan fingerprint density at radius 1 is 1.35 bits per heavy atom. The van der Waals surface area contributed by atoms with Crippen LogP contribution in [0.15, 0.2) is 24.3 Å². The normalized spacial score (nSPS) is 20.5. The first-order valence-corrected chi connectivity index (χ1v) is 5.90. The zero-order chi connectivity index (χ0) is 12.4. The van der Waals surface area contributed by atoms with E-state index in [2.05, 4.69) is 0 Å².